The quantitative estimate of drug-likeness (QED) is 0.901. The molecule has 1 aliphatic rings. The summed E-state index contributed by atoms with van der Waals surface area (Å²) >= 11 is 0. The molecule has 2 nitrogen and oxygen atoms in total. The van der Waals surface area contributed by atoms with E-state index in [2.05, 4.69) is 77.8 Å². The monoisotopic (exact) mass is 294 g/mol. The van der Waals surface area contributed by atoms with Gasteiger partial charge in [-0.3, -0.25) is 4.90 Å². The molecule has 22 heavy (non-hydrogen) atoms. The standard InChI is InChI=1S/C20H26N2/c1-20(21-16-18-8-4-2-5-9-18)12-14-22(15-13-20)17-19-10-6-3-7-11-19/h2-11,21H,12-17H2,1H3. The van der Waals surface area contributed by atoms with Crippen LogP contribution in [0, 0.1) is 0 Å². The van der Waals surface area contributed by atoms with Crippen molar-refractivity contribution in [3.05, 3.63) is 71.8 Å². The molecule has 3 rings (SSSR count). The van der Waals surface area contributed by atoms with E-state index in [1.54, 1.807) is 0 Å². The number of nitrogens with zero attached hydrogens (tertiary/aromatic N) is 1. The Morgan fingerprint density at radius 3 is 2.00 bits per heavy atom. The topological polar surface area (TPSA) is 15.3 Å². The molecule has 0 spiro atoms. The van der Waals surface area contributed by atoms with Gasteiger partial charge in [0.25, 0.3) is 0 Å². The van der Waals surface area contributed by atoms with Gasteiger partial charge in [0, 0.05) is 31.7 Å². The zero-order valence-corrected chi connectivity index (χ0v) is 13.5. The summed E-state index contributed by atoms with van der Waals surface area (Å²) in [5.74, 6) is 0. The fraction of sp³-hybridized carbons (Fsp3) is 0.400. The van der Waals surface area contributed by atoms with Gasteiger partial charge < -0.3 is 5.32 Å². The summed E-state index contributed by atoms with van der Waals surface area (Å²) in [4.78, 5) is 2.57. The third kappa shape index (κ3) is 4.19. The summed E-state index contributed by atoms with van der Waals surface area (Å²) in [5, 5.41) is 3.77. The van der Waals surface area contributed by atoms with Crippen LogP contribution in [0.3, 0.4) is 0 Å². The van der Waals surface area contributed by atoms with Crippen molar-refractivity contribution >= 4 is 0 Å². The molecular weight excluding hydrogens is 268 g/mol. The molecule has 116 valence electrons. The van der Waals surface area contributed by atoms with E-state index in [4.69, 9.17) is 0 Å². The molecule has 0 unspecified atom stereocenters. The number of likely N-dealkylation sites (tertiary alicyclic amines) is 1. The SMILES string of the molecule is CC1(NCc2ccccc2)CCN(Cc2ccccc2)CC1. The number of piperidine rings is 1. The van der Waals surface area contributed by atoms with Crippen molar-refractivity contribution in [2.45, 2.75) is 38.4 Å². The Bertz CT molecular complexity index is 557. The molecule has 1 heterocycles. The molecule has 2 aromatic rings. The van der Waals surface area contributed by atoms with Gasteiger partial charge >= 0.3 is 0 Å². The second-order valence-electron chi connectivity index (χ2n) is 6.66. The maximum atomic E-state index is 3.77. The Hall–Kier alpha value is -1.64. The first-order valence-electron chi connectivity index (χ1n) is 8.29. The highest BCUT2D eigenvalue weighted by atomic mass is 15.1. The molecule has 0 aliphatic carbocycles. The summed E-state index contributed by atoms with van der Waals surface area (Å²) in [7, 11) is 0. The average molecular weight is 294 g/mol. The molecule has 0 aromatic heterocycles. The predicted molar refractivity (Wildman–Crippen MR) is 92.6 cm³/mol. The minimum atomic E-state index is 0.267. The summed E-state index contributed by atoms with van der Waals surface area (Å²) in [6.45, 7) is 6.77. The molecule has 1 N–H and O–H groups in total. The zero-order chi connectivity index (χ0) is 15.3. The van der Waals surface area contributed by atoms with Crippen molar-refractivity contribution in [3.8, 4) is 0 Å². The number of hydrogen-bond donors (Lipinski definition) is 1. The van der Waals surface area contributed by atoms with Crippen LogP contribution < -0.4 is 5.32 Å². The van der Waals surface area contributed by atoms with Crippen LogP contribution in [0.1, 0.15) is 30.9 Å². The molecule has 0 amide bonds. The van der Waals surface area contributed by atoms with Gasteiger partial charge in [-0.1, -0.05) is 60.7 Å². The Morgan fingerprint density at radius 2 is 1.41 bits per heavy atom. The van der Waals surface area contributed by atoms with Crippen molar-refractivity contribution in [3.63, 3.8) is 0 Å². The van der Waals surface area contributed by atoms with Gasteiger partial charge in [0.05, 0.1) is 0 Å². The first-order chi connectivity index (χ1) is 10.7. The Morgan fingerprint density at radius 1 is 0.864 bits per heavy atom. The number of nitrogens with one attached hydrogen (secondary N) is 1. The fourth-order valence-electron chi connectivity index (χ4n) is 3.13. The molecule has 0 atom stereocenters. The van der Waals surface area contributed by atoms with Crippen LogP contribution >= 0.6 is 0 Å². The van der Waals surface area contributed by atoms with Crippen LogP contribution in [0.15, 0.2) is 60.7 Å². The van der Waals surface area contributed by atoms with Crippen LogP contribution in [0.2, 0.25) is 0 Å². The van der Waals surface area contributed by atoms with Crippen molar-refractivity contribution in [2.24, 2.45) is 0 Å². The van der Waals surface area contributed by atoms with Crippen molar-refractivity contribution < 1.29 is 0 Å². The van der Waals surface area contributed by atoms with E-state index in [1.807, 2.05) is 0 Å². The Balaban J connectivity index is 1.48. The second kappa shape index (κ2) is 7.08. The van der Waals surface area contributed by atoms with Crippen molar-refractivity contribution in [2.75, 3.05) is 13.1 Å². The van der Waals surface area contributed by atoms with Gasteiger partial charge in [-0.15, -0.1) is 0 Å². The molecule has 1 fully saturated rings. The number of benzene rings is 2. The summed E-state index contributed by atoms with van der Waals surface area (Å²) in [6.07, 6.45) is 2.43. The molecule has 0 radical (unpaired) electrons. The molecule has 2 heteroatoms. The van der Waals surface area contributed by atoms with Gasteiger partial charge in [0.1, 0.15) is 0 Å². The maximum absolute atomic E-state index is 3.77. The Kier molecular flexibility index (Phi) is 4.91. The van der Waals surface area contributed by atoms with Gasteiger partial charge in [-0.25, -0.2) is 0 Å². The van der Waals surface area contributed by atoms with Crippen LogP contribution in [0.25, 0.3) is 0 Å². The lowest BCUT2D eigenvalue weighted by Gasteiger charge is -2.40. The third-order valence-electron chi connectivity index (χ3n) is 4.77. The minimum absolute atomic E-state index is 0.267. The summed E-state index contributed by atoms with van der Waals surface area (Å²) < 4.78 is 0. The van der Waals surface area contributed by atoms with E-state index in [-0.39, 0.29) is 5.54 Å². The van der Waals surface area contributed by atoms with E-state index in [9.17, 15) is 0 Å². The van der Waals surface area contributed by atoms with E-state index < -0.39 is 0 Å². The first-order valence-corrected chi connectivity index (χ1v) is 8.29. The van der Waals surface area contributed by atoms with Gasteiger partial charge in [0.2, 0.25) is 0 Å². The predicted octanol–water partition coefficient (Wildman–Crippen LogP) is 3.83. The van der Waals surface area contributed by atoms with E-state index >= 15 is 0 Å². The highest BCUT2D eigenvalue weighted by Gasteiger charge is 2.29. The van der Waals surface area contributed by atoms with Crippen molar-refractivity contribution in [1.29, 1.82) is 0 Å². The largest absolute Gasteiger partial charge is 0.307 e. The molecule has 1 aliphatic heterocycles. The van der Waals surface area contributed by atoms with Crippen LogP contribution in [0.5, 0.6) is 0 Å². The van der Waals surface area contributed by atoms with E-state index in [1.165, 1.54) is 37.1 Å². The highest BCUT2D eigenvalue weighted by molar-refractivity contribution is 5.16. The zero-order valence-electron chi connectivity index (χ0n) is 13.5. The van der Waals surface area contributed by atoms with Gasteiger partial charge in [-0.05, 0) is 30.9 Å². The van der Waals surface area contributed by atoms with Crippen LogP contribution in [-0.4, -0.2) is 23.5 Å². The lowest BCUT2D eigenvalue weighted by atomic mass is 9.89. The normalized spacial score (nSPS) is 18.2. The van der Waals surface area contributed by atoms with Gasteiger partial charge in [-0.2, -0.15) is 0 Å². The fourth-order valence-corrected chi connectivity index (χ4v) is 3.13. The molecular formula is C20H26N2. The Labute approximate surface area is 134 Å². The maximum Gasteiger partial charge on any atom is 0.0233 e. The minimum Gasteiger partial charge on any atom is -0.307 e. The lowest BCUT2D eigenvalue weighted by molar-refractivity contribution is 0.139. The van der Waals surface area contributed by atoms with Gasteiger partial charge in [0.15, 0.2) is 0 Å². The molecule has 0 saturated carbocycles. The molecule has 0 bridgehead atoms. The van der Waals surface area contributed by atoms with E-state index in [0.29, 0.717) is 0 Å². The summed E-state index contributed by atoms with van der Waals surface area (Å²) in [6, 6.07) is 21.5. The lowest BCUT2D eigenvalue weighted by Crippen LogP contribution is -2.50. The number of hydrogen-bond acceptors (Lipinski definition) is 2. The smallest absolute Gasteiger partial charge is 0.0233 e. The van der Waals surface area contributed by atoms with Crippen LogP contribution in [0.4, 0.5) is 0 Å². The summed E-state index contributed by atoms with van der Waals surface area (Å²) in [5.41, 5.74) is 3.06. The van der Waals surface area contributed by atoms with Crippen LogP contribution in [-0.2, 0) is 13.1 Å². The van der Waals surface area contributed by atoms with E-state index in [0.717, 1.165) is 13.1 Å². The number of rotatable bonds is 5. The third-order valence-corrected chi connectivity index (χ3v) is 4.77. The molecule has 1 saturated heterocycles. The second-order valence-corrected chi connectivity index (χ2v) is 6.66. The van der Waals surface area contributed by atoms with Crippen molar-refractivity contribution in [1.82, 2.24) is 10.2 Å². The average Bonchev–Trinajstić information content (AvgIpc) is 2.58. The molecule has 2 aromatic carbocycles. The first kappa shape index (κ1) is 15.3. The highest BCUT2D eigenvalue weighted by Crippen LogP contribution is 2.23.